The van der Waals surface area contributed by atoms with E-state index in [0.29, 0.717) is 0 Å². The Hall–Kier alpha value is -1.00. The maximum Gasteiger partial charge on any atom is 0.453 e. The first-order valence-electron chi connectivity index (χ1n) is 6.06. The van der Waals surface area contributed by atoms with Gasteiger partial charge in [0, 0.05) is 13.0 Å². The molecule has 0 aromatic carbocycles. The second kappa shape index (κ2) is 9.85. The molecule has 0 bridgehead atoms. The fraction of sp³-hybridized carbons (Fsp3) is 0.909. The zero-order valence-corrected chi connectivity index (χ0v) is 11.1. The van der Waals surface area contributed by atoms with Crippen LogP contribution in [0.2, 0.25) is 0 Å². The van der Waals surface area contributed by atoms with Crippen LogP contribution in [0.1, 0.15) is 12.8 Å². The molecule has 0 radical (unpaired) electrons. The second-order valence-electron chi connectivity index (χ2n) is 3.98. The van der Waals surface area contributed by atoms with E-state index in [0.717, 1.165) is 0 Å². The van der Waals surface area contributed by atoms with Crippen LogP contribution in [-0.4, -0.2) is 62.8 Å². The quantitative estimate of drug-likeness (QED) is 0.440. The van der Waals surface area contributed by atoms with Crippen LogP contribution < -0.4 is 0 Å². The van der Waals surface area contributed by atoms with Crippen molar-refractivity contribution in [3.05, 3.63) is 0 Å². The Morgan fingerprint density at radius 1 is 0.857 bits per heavy atom. The lowest BCUT2D eigenvalue weighted by atomic mass is 10.2. The van der Waals surface area contributed by atoms with E-state index in [1.165, 1.54) is 0 Å². The molecule has 0 heterocycles. The molecule has 0 unspecified atom stereocenters. The Balaban J connectivity index is 3.36. The monoisotopic (exact) mass is 324 g/mol. The minimum atomic E-state index is -5.54. The third-order valence-corrected chi connectivity index (χ3v) is 2.16. The van der Waals surface area contributed by atoms with E-state index in [9.17, 15) is 26.7 Å². The smallest absolute Gasteiger partial charge is 0.453 e. The van der Waals surface area contributed by atoms with Crippen LogP contribution in [0.15, 0.2) is 0 Å². The molecule has 21 heavy (non-hydrogen) atoms. The van der Waals surface area contributed by atoms with Crippen molar-refractivity contribution in [2.45, 2.75) is 24.9 Å². The first-order chi connectivity index (χ1) is 9.67. The van der Waals surface area contributed by atoms with Gasteiger partial charge in [0.1, 0.15) is 6.61 Å². The molecule has 0 amide bonds. The molecular formula is C11H17F5O5. The summed E-state index contributed by atoms with van der Waals surface area (Å²) in [4.78, 5) is 10.1. The Morgan fingerprint density at radius 2 is 1.33 bits per heavy atom. The molecular weight excluding hydrogens is 307 g/mol. The van der Waals surface area contributed by atoms with Gasteiger partial charge in [-0.05, 0) is 6.42 Å². The van der Waals surface area contributed by atoms with Crippen LogP contribution in [0.4, 0.5) is 22.0 Å². The molecule has 0 spiro atoms. The van der Waals surface area contributed by atoms with Gasteiger partial charge in [0.05, 0.1) is 26.4 Å². The summed E-state index contributed by atoms with van der Waals surface area (Å²) in [6, 6.07) is 0. The van der Waals surface area contributed by atoms with Crippen LogP contribution in [0, 0.1) is 0 Å². The normalized spacial score (nSPS) is 12.6. The zero-order valence-electron chi connectivity index (χ0n) is 11.1. The number of hydrogen-bond acceptors (Lipinski definition) is 4. The summed E-state index contributed by atoms with van der Waals surface area (Å²) in [6.07, 6.45) is -7.28. The summed E-state index contributed by atoms with van der Waals surface area (Å²) in [5.74, 6) is -5.80. The van der Waals surface area contributed by atoms with Gasteiger partial charge in [-0.15, -0.1) is 0 Å². The first-order valence-corrected chi connectivity index (χ1v) is 6.06. The van der Waals surface area contributed by atoms with Gasteiger partial charge in [0.25, 0.3) is 0 Å². The maximum atomic E-state index is 12.5. The minimum absolute atomic E-state index is 0.0382. The SMILES string of the molecule is O=C(O)COCCOCCOCCCC(F)(F)C(F)(F)F. The van der Waals surface area contributed by atoms with E-state index in [-0.39, 0.29) is 33.0 Å². The summed E-state index contributed by atoms with van der Waals surface area (Å²) < 4.78 is 74.8. The minimum Gasteiger partial charge on any atom is -0.480 e. The van der Waals surface area contributed by atoms with Crippen molar-refractivity contribution in [1.82, 2.24) is 0 Å². The maximum absolute atomic E-state index is 12.5. The Labute approximate surface area is 118 Å². The molecule has 10 heteroatoms. The summed E-state index contributed by atoms with van der Waals surface area (Å²) in [6.45, 7) is -0.326. The first kappa shape index (κ1) is 20.0. The van der Waals surface area contributed by atoms with Gasteiger partial charge in [0.15, 0.2) is 0 Å². The van der Waals surface area contributed by atoms with Crippen molar-refractivity contribution in [2.24, 2.45) is 0 Å². The molecule has 0 saturated carbocycles. The second-order valence-corrected chi connectivity index (χ2v) is 3.98. The molecule has 0 aliphatic carbocycles. The highest BCUT2D eigenvalue weighted by atomic mass is 19.4. The average molecular weight is 324 g/mol. The lowest BCUT2D eigenvalue weighted by molar-refractivity contribution is -0.285. The fourth-order valence-electron chi connectivity index (χ4n) is 1.14. The molecule has 0 rings (SSSR count). The van der Waals surface area contributed by atoms with E-state index in [4.69, 9.17) is 14.6 Å². The molecule has 0 aliphatic rings. The van der Waals surface area contributed by atoms with Crippen LogP contribution in [0.3, 0.4) is 0 Å². The molecule has 126 valence electrons. The van der Waals surface area contributed by atoms with E-state index in [2.05, 4.69) is 4.74 Å². The van der Waals surface area contributed by atoms with E-state index >= 15 is 0 Å². The van der Waals surface area contributed by atoms with Crippen molar-refractivity contribution < 1.29 is 46.1 Å². The lowest BCUT2D eigenvalue weighted by Gasteiger charge is -2.19. The van der Waals surface area contributed by atoms with Gasteiger partial charge in [-0.2, -0.15) is 22.0 Å². The number of halogens is 5. The van der Waals surface area contributed by atoms with E-state index in [1.54, 1.807) is 0 Å². The van der Waals surface area contributed by atoms with Gasteiger partial charge < -0.3 is 19.3 Å². The molecule has 0 aromatic heterocycles. The molecule has 0 aromatic rings. The number of aliphatic carboxylic acids is 1. The van der Waals surface area contributed by atoms with Gasteiger partial charge in [-0.3, -0.25) is 0 Å². The molecule has 0 aliphatic heterocycles. The fourth-order valence-corrected chi connectivity index (χ4v) is 1.14. The standard InChI is InChI=1S/C11H17F5O5/c12-10(13,11(14,15)16)2-1-3-19-4-5-20-6-7-21-8-9(17)18/h1-8H2,(H,17,18). The van der Waals surface area contributed by atoms with Crippen molar-refractivity contribution in [3.8, 4) is 0 Å². The number of carboxylic acids is 1. The van der Waals surface area contributed by atoms with Crippen LogP contribution >= 0.6 is 0 Å². The van der Waals surface area contributed by atoms with Crippen LogP contribution in [0.5, 0.6) is 0 Å². The van der Waals surface area contributed by atoms with Crippen molar-refractivity contribution in [3.63, 3.8) is 0 Å². The number of carboxylic acid groups (broad SMARTS) is 1. The van der Waals surface area contributed by atoms with Gasteiger partial charge in [-0.1, -0.05) is 0 Å². The zero-order chi connectivity index (χ0) is 16.4. The highest BCUT2D eigenvalue weighted by molar-refractivity contribution is 5.67. The van der Waals surface area contributed by atoms with Crippen LogP contribution in [0.25, 0.3) is 0 Å². The number of rotatable bonds is 12. The Kier molecular flexibility index (Phi) is 9.38. The van der Waals surface area contributed by atoms with E-state index < -0.39 is 37.5 Å². The third-order valence-electron chi connectivity index (χ3n) is 2.16. The topological polar surface area (TPSA) is 65.0 Å². The summed E-state index contributed by atoms with van der Waals surface area (Å²) in [5.41, 5.74) is 0. The van der Waals surface area contributed by atoms with Crippen LogP contribution in [-0.2, 0) is 19.0 Å². The lowest BCUT2D eigenvalue weighted by Crippen LogP contribution is -2.36. The average Bonchev–Trinajstić information content (AvgIpc) is 2.34. The molecule has 0 atom stereocenters. The van der Waals surface area contributed by atoms with Crippen molar-refractivity contribution in [1.29, 1.82) is 0 Å². The number of hydrogen-bond donors (Lipinski definition) is 1. The van der Waals surface area contributed by atoms with Gasteiger partial charge in [0.2, 0.25) is 0 Å². The van der Waals surface area contributed by atoms with Gasteiger partial charge in [-0.25, -0.2) is 4.79 Å². The number of alkyl halides is 5. The predicted octanol–water partition coefficient (Wildman–Crippen LogP) is 2.10. The number of carbonyl (C=O) groups is 1. The highest BCUT2D eigenvalue weighted by Crippen LogP contribution is 2.38. The third kappa shape index (κ3) is 10.4. The Morgan fingerprint density at radius 3 is 1.81 bits per heavy atom. The molecule has 0 saturated heterocycles. The summed E-state index contributed by atoms with van der Waals surface area (Å²) in [5, 5.41) is 8.23. The molecule has 0 fully saturated rings. The molecule has 5 nitrogen and oxygen atoms in total. The summed E-state index contributed by atoms with van der Waals surface area (Å²) in [7, 11) is 0. The highest BCUT2D eigenvalue weighted by Gasteiger charge is 2.56. The van der Waals surface area contributed by atoms with Gasteiger partial charge >= 0.3 is 18.1 Å². The van der Waals surface area contributed by atoms with Crippen molar-refractivity contribution in [2.75, 3.05) is 39.6 Å². The number of ether oxygens (including phenoxy) is 3. The molecule has 1 N–H and O–H groups in total. The van der Waals surface area contributed by atoms with E-state index in [1.807, 2.05) is 0 Å². The summed E-state index contributed by atoms with van der Waals surface area (Å²) >= 11 is 0. The Bertz CT molecular complexity index is 295. The predicted molar refractivity (Wildman–Crippen MR) is 60.3 cm³/mol. The largest absolute Gasteiger partial charge is 0.480 e. The van der Waals surface area contributed by atoms with Crippen molar-refractivity contribution >= 4 is 5.97 Å².